The Morgan fingerprint density at radius 1 is 0.951 bits per heavy atom. The number of dihydropyridines is 1. The molecule has 2 atom stereocenters. The van der Waals surface area contributed by atoms with Gasteiger partial charge in [0.1, 0.15) is 6.61 Å². The standard InChI is InChI=1S/C31H36BrNO8/c1-7-40-26-16-20(12-21(32)30(26)39-6)28-27(31(35)41-11-10-36-3)17(2)33-22-13-19(14-23(34)29(22)28)18-8-9-24(37-4)25(15-18)38-5/h8-9,12,15-16,19,28,33H,7,10-11,13-14H2,1-6H3/t19-,28+/m1/s1. The number of hydrogen-bond acceptors (Lipinski definition) is 9. The fourth-order valence-electron chi connectivity index (χ4n) is 5.50. The van der Waals surface area contributed by atoms with Crippen molar-refractivity contribution in [3.8, 4) is 23.0 Å². The summed E-state index contributed by atoms with van der Waals surface area (Å²) in [5.41, 5.74) is 4.01. The molecule has 10 heteroatoms. The van der Waals surface area contributed by atoms with Crippen molar-refractivity contribution in [2.45, 2.75) is 38.5 Å². The van der Waals surface area contributed by atoms with Crippen LogP contribution in [0.4, 0.5) is 0 Å². The predicted molar refractivity (Wildman–Crippen MR) is 157 cm³/mol. The van der Waals surface area contributed by atoms with Crippen molar-refractivity contribution in [3.05, 3.63) is 68.5 Å². The molecular weight excluding hydrogens is 594 g/mol. The molecule has 1 aliphatic carbocycles. The Balaban J connectivity index is 1.82. The number of carbonyl (C=O) groups is 2. The van der Waals surface area contributed by atoms with Gasteiger partial charge in [0.15, 0.2) is 28.8 Å². The summed E-state index contributed by atoms with van der Waals surface area (Å²) in [6.07, 6.45) is 0.846. The van der Waals surface area contributed by atoms with Crippen LogP contribution in [-0.2, 0) is 19.1 Å². The molecule has 0 radical (unpaired) electrons. The Kier molecular flexibility index (Phi) is 9.99. The van der Waals surface area contributed by atoms with Gasteiger partial charge in [-0.1, -0.05) is 6.07 Å². The van der Waals surface area contributed by atoms with Crippen molar-refractivity contribution >= 4 is 27.7 Å². The largest absolute Gasteiger partial charge is 0.493 e. The molecule has 4 rings (SSSR count). The lowest BCUT2D eigenvalue weighted by molar-refractivity contribution is -0.140. The van der Waals surface area contributed by atoms with Crippen LogP contribution in [0.3, 0.4) is 0 Å². The molecule has 41 heavy (non-hydrogen) atoms. The second-order valence-corrected chi connectivity index (χ2v) is 10.6. The van der Waals surface area contributed by atoms with Gasteiger partial charge in [0, 0.05) is 36.4 Å². The quantitative estimate of drug-likeness (QED) is 0.258. The normalized spacial score (nSPS) is 18.5. The molecule has 0 fully saturated rings. The van der Waals surface area contributed by atoms with Gasteiger partial charge in [-0.15, -0.1) is 0 Å². The summed E-state index contributed by atoms with van der Waals surface area (Å²) < 4.78 is 33.6. The molecule has 0 aromatic heterocycles. The summed E-state index contributed by atoms with van der Waals surface area (Å²) in [6, 6.07) is 9.42. The fourth-order valence-corrected chi connectivity index (χ4v) is 6.12. The van der Waals surface area contributed by atoms with E-state index < -0.39 is 11.9 Å². The molecule has 0 saturated heterocycles. The zero-order valence-electron chi connectivity index (χ0n) is 24.2. The van der Waals surface area contributed by atoms with Gasteiger partial charge in [0.05, 0.1) is 44.6 Å². The van der Waals surface area contributed by atoms with E-state index in [-0.39, 0.29) is 31.3 Å². The van der Waals surface area contributed by atoms with Crippen LogP contribution in [-0.4, -0.2) is 60.0 Å². The lowest BCUT2D eigenvalue weighted by atomic mass is 9.71. The third kappa shape index (κ3) is 6.23. The van der Waals surface area contributed by atoms with Crippen molar-refractivity contribution in [1.29, 1.82) is 0 Å². The molecule has 9 nitrogen and oxygen atoms in total. The van der Waals surface area contributed by atoms with Crippen LogP contribution >= 0.6 is 15.9 Å². The van der Waals surface area contributed by atoms with Crippen LogP contribution in [0.2, 0.25) is 0 Å². The zero-order chi connectivity index (χ0) is 29.7. The van der Waals surface area contributed by atoms with Gasteiger partial charge in [-0.2, -0.15) is 0 Å². The molecule has 0 bridgehead atoms. The molecule has 2 aromatic carbocycles. The maximum atomic E-state index is 14.0. The average Bonchev–Trinajstić information content (AvgIpc) is 2.96. The Morgan fingerprint density at radius 3 is 2.34 bits per heavy atom. The summed E-state index contributed by atoms with van der Waals surface area (Å²) in [5, 5.41) is 3.38. The molecule has 0 amide bonds. The highest BCUT2D eigenvalue weighted by Crippen LogP contribution is 2.49. The van der Waals surface area contributed by atoms with Gasteiger partial charge >= 0.3 is 5.97 Å². The predicted octanol–water partition coefficient (Wildman–Crippen LogP) is 5.42. The highest BCUT2D eigenvalue weighted by molar-refractivity contribution is 9.10. The summed E-state index contributed by atoms with van der Waals surface area (Å²) in [7, 11) is 6.29. The minimum Gasteiger partial charge on any atom is -0.493 e. The number of ketones is 1. The van der Waals surface area contributed by atoms with E-state index in [1.165, 1.54) is 0 Å². The summed E-state index contributed by atoms with van der Waals surface area (Å²) in [4.78, 5) is 27.5. The Hall–Kier alpha value is -3.50. The van der Waals surface area contributed by atoms with Crippen LogP contribution in [0, 0.1) is 0 Å². The number of methoxy groups -OCH3 is 4. The number of halogens is 1. The molecular formula is C31H36BrNO8. The first-order valence-corrected chi connectivity index (χ1v) is 14.2. The Bertz CT molecular complexity index is 1380. The lowest BCUT2D eigenvalue weighted by Gasteiger charge is -2.37. The van der Waals surface area contributed by atoms with Crippen LogP contribution < -0.4 is 24.3 Å². The van der Waals surface area contributed by atoms with E-state index in [1.54, 1.807) is 28.4 Å². The molecule has 2 aliphatic rings. The van der Waals surface area contributed by atoms with E-state index in [0.717, 1.165) is 11.3 Å². The van der Waals surface area contributed by atoms with Crippen LogP contribution in [0.1, 0.15) is 49.7 Å². The summed E-state index contributed by atoms with van der Waals surface area (Å²) >= 11 is 3.59. The number of nitrogens with one attached hydrogen (secondary N) is 1. The van der Waals surface area contributed by atoms with Gasteiger partial charge < -0.3 is 33.7 Å². The minimum atomic E-state index is -0.665. The number of Topliss-reactive ketones (excluding diaryl/α,β-unsaturated/α-hetero) is 1. The van der Waals surface area contributed by atoms with Crippen LogP contribution in [0.15, 0.2) is 57.3 Å². The third-order valence-electron chi connectivity index (χ3n) is 7.32. The van der Waals surface area contributed by atoms with Gasteiger partial charge in [-0.05, 0) is 77.5 Å². The molecule has 1 N–H and O–H groups in total. The van der Waals surface area contributed by atoms with Crippen molar-refractivity contribution < 1.29 is 38.0 Å². The first-order chi connectivity index (χ1) is 19.8. The first-order valence-electron chi connectivity index (χ1n) is 13.4. The SMILES string of the molecule is CCOc1cc([C@H]2C(C(=O)OCCOC)=C(C)NC3=C2C(=O)C[C@H](c2ccc(OC)c(OC)c2)C3)cc(Br)c1OC. The molecule has 0 saturated carbocycles. The monoisotopic (exact) mass is 629 g/mol. The number of esters is 1. The highest BCUT2D eigenvalue weighted by atomic mass is 79.9. The minimum absolute atomic E-state index is 0.0527. The van der Waals surface area contributed by atoms with Crippen molar-refractivity contribution in [2.75, 3.05) is 48.3 Å². The summed E-state index contributed by atoms with van der Waals surface area (Å²) in [6.45, 7) is 4.48. The van der Waals surface area contributed by atoms with Crippen LogP contribution in [0.25, 0.3) is 0 Å². The number of carbonyl (C=O) groups excluding carboxylic acids is 2. The molecule has 2 aromatic rings. The molecule has 0 unspecified atom stereocenters. The Morgan fingerprint density at radius 2 is 1.68 bits per heavy atom. The van der Waals surface area contributed by atoms with Gasteiger partial charge in [0.2, 0.25) is 0 Å². The molecule has 1 heterocycles. The number of ether oxygens (including phenoxy) is 6. The number of allylic oxidation sites excluding steroid dienone is 3. The third-order valence-corrected chi connectivity index (χ3v) is 7.91. The fraction of sp³-hybridized carbons (Fsp3) is 0.419. The van der Waals surface area contributed by atoms with E-state index in [2.05, 4.69) is 21.2 Å². The molecule has 1 aliphatic heterocycles. The van der Waals surface area contributed by atoms with E-state index in [4.69, 9.17) is 28.4 Å². The van der Waals surface area contributed by atoms with Crippen molar-refractivity contribution in [1.82, 2.24) is 5.32 Å². The van der Waals surface area contributed by atoms with E-state index >= 15 is 0 Å². The highest BCUT2D eigenvalue weighted by Gasteiger charge is 2.42. The van der Waals surface area contributed by atoms with Gasteiger partial charge in [-0.3, -0.25) is 4.79 Å². The number of rotatable bonds is 11. The summed E-state index contributed by atoms with van der Waals surface area (Å²) in [5.74, 6) is 0.963. The maximum Gasteiger partial charge on any atom is 0.336 e. The molecule has 220 valence electrons. The van der Waals surface area contributed by atoms with Crippen molar-refractivity contribution in [3.63, 3.8) is 0 Å². The Labute approximate surface area is 248 Å². The van der Waals surface area contributed by atoms with Crippen LogP contribution in [0.5, 0.6) is 23.0 Å². The lowest BCUT2D eigenvalue weighted by Crippen LogP contribution is -2.36. The van der Waals surface area contributed by atoms with Crippen molar-refractivity contribution in [2.24, 2.45) is 0 Å². The smallest absolute Gasteiger partial charge is 0.336 e. The van der Waals surface area contributed by atoms with E-state index in [9.17, 15) is 9.59 Å². The average molecular weight is 631 g/mol. The van der Waals surface area contributed by atoms with E-state index in [1.807, 2.05) is 44.2 Å². The van der Waals surface area contributed by atoms with Gasteiger partial charge in [0.25, 0.3) is 0 Å². The first kappa shape index (κ1) is 30.5. The van der Waals surface area contributed by atoms with Gasteiger partial charge in [-0.25, -0.2) is 4.79 Å². The zero-order valence-corrected chi connectivity index (χ0v) is 25.8. The number of hydrogen-bond donors (Lipinski definition) is 1. The number of benzene rings is 2. The molecule has 0 spiro atoms. The topological polar surface area (TPSA) is 102 Å². The maximum absolute atomic E-state index is 14.0. The second kappa shape index (κ2) is 13.4. The second-order valence-electron chi connectivity index (χ2n) is 9.73. The van der Waals surface area contributed by atoms with E-state index in [0.29, 0.717) is 62.9 Å².